The van der Waals surface area contributed by atoms with Crippen molar-refractivity contribution in [2.24, 2.45) is 0 Å². The topological polar surface area (TPSA) is 71.5 Å². The fourth-order valence-electron chi connectivity index (χ4n) is 2.01. The standard InChI is InChI=1S/C14H16BrNO4S/c1-14(2,3)21(19,20)7-6-16-11-8-9(15)4-5-10(11)12(17)13(16)18/h4-5,8H,6-7H2,1-3H3. The lowest BCUT2D eigenvalue weighted by molar-refractivity contribution is -0.114. The maximum absolute atomic E-state index is 12.1. The largest absolute Gasteiger partial charge is 0.304 e. The summed E-state index contributed by atoms with van der Waals surface area (Å²) in [5, 5.41) is 0. The van der Waals surface area contributed by atoms with Crippen LogP contribution in [0.3, 0.4) is 0 Å². The molecule has 1 aromatic rings. The van der Waals surface area contributed by atoms with Crippen LogP contribution in [0.15, 0.2) is 22.7 Å². The molecular formula is C14H16BrNO4S. The molecule has 0 aliphatic carbocycles. The molecule has 1 heterocycles. The molecule has 5 nitrogen and oxygen atoms in total. The van der Waals surface area contributed by atoms with Crippen molar-refractivity contribution in [3.63, 3.8) is 0 Å². The third-order valence-electron chi connectivity index (χ3n) is 3.45. The number of rotatable bonds is 3. The summed E-state index contributed by atoms with van der Waals surface area (Å²) >= 11 is 3.29. The van der Waals surface area contributed by atoms with Gasteiger partial charge < -0.3 is 4.90 Å². The summed E-state index contributed by atoms with van der Waals surface area (Å²) in [4.78, 5) is 25.1. The third kappa shape index (κ3) is 2.89. The average Bonchev–Trinajstić information content (AvgIpc) is 2.58. The van der Waals surface area contributed by atoms with Crippen molar-refractivity contribution >= 4 is 43.1 Å². The normalized spacial score (nSPS) is 15.5. The van der Waals surface area contributed by atoms with Crippen LogP contribution in [0.2, 0.25) is 0 Å². The highest BCUT2D eigenvalue weighted by Gasteiger charge is 2.37. The van der Waals surface area contributed by atoms with Crippen molar-refractivity contribution in [1.29, 1.82) is 0 Å². The number of carbonyl (C=O) groups is 2. The molecule has 1 aliphatic heterocycles. The molecule has 0 spiro atoms. The van der Waals surface area contributed by atoms with E-state index < -0.39 is 26.3 Å². The van der Waals surface area contributed by atoms with Gasteiger partial charge in [-0.25, -0.2) is 8.42 Å². The summed E-state index contributed by atoms with van der Waals surface area (Å²) in [5.74, 6) is -1.44. The van der Waals surface area contributed by atoms with E-state index in [0.29, 0.717) is 11.3 Å². The van der Waals surface area contributed by atoms with Crippen molar-refractivity contribution < 1.29 is 18.0 Å². The van der Waals surface area contributed by atoms with Gasteiger partial charge in [0.05, 0.1) is 21.8 Å². The Morgan fingerprint density at radius 3 is 2.38 bits per heavy atom. The van der Waals surface area contributed by atoms with Gasteiger partial charge in [-0.1, -0.05) is 15.9 Å². The van der Waals surface area contributed by atoms with Crippen molar-refractivity contribution in [3.8, 4) is 0 Å². The van der Waals surface area contributed by atoms with Crippen LogP contribution in [-0.2, 0) is 14.6 Å². The lowest BCUT2D eigenvalue weighted by Crippen LogP contribution is -2.38. The van der Waals surface area contributed by atoms with E-state index in [1.807, 2.05) is 0 Å². The molecule has 0 bridgehead atoms. The highest BCUT2D eigenvalue weighted by Crippen LogP contribution is 2.31. The number of sulfone groups is 1. The molecule has 21 heavy (non-hydrogen) atoms. The van der Waals surface area contributed by atoms with Crippen molar-refractivity contribution in [2.45, 2.75) is 25.5 Å². The monoisotopic (exact) mass is 373 g/mol. The van der Waals surface area contributed by atoms with E-state index in [0.717, 1.165) is 4.47 Å². The first-order chi connectivity index (χ1) is 9.54. The second-order valence-electron chi connectivity index (χ2n) is 5.88. The lowest BCUT2D eigenvalue weighted by Gasteiger charge is -2.22. The Balaban J connectivity index is 2.29. The highest BCUT2D eigenvalue weighted by atomic mass is 79.9. The van der Waals surface area contributed by atoms with E-state index >= 15 is 0 Å². The number of ketones is 1. The summed E-state index contributed by atoms with van der Waals surface area (Å²) in [6.07, 6.45) is 0. The van der Waals surface area contributed by atoms with Gasteiger partial charge in [0.1, 0.15) is 0 Å². The van der Waals surface area contributed by atoms with Gasteiger partial charge in [-0.2, -0.15) is 0 Å². The predicted molar refractivity (Wildman–Crippen MR) is 84.4 cm³/mol. The van der Waals surface area contributed by atoms with Crippen molar-refractivity contribution in [3.05, 3.63) is 28.2 Å². The number of amides is 1. The minimum atomic E-state index is -3.36. The molecule has 0 saturated heterocycles. The second kappa shape index (κ2) is 5.21. The highest BCUT2D eigenvalue weighted by molar-refractivity contribution is 9.10. The molecule has 0 radical (unpaired) electrons. The van der Waals surface area contributed by atoms with Gasteiger partial charge in [0.2, 0.25) is 0 Å². The third-order valence-corrected chi connectivity index (χ3v) is 6.53. The van der Waals surface area contributed by atoms with E-state index in [1.54, 1.807) is 39.0 Å². The molecule has 0 fully saturated rings. The second-order valence-corrected chi connectivity index (χ2v) is 9.66. The maximum Gasteiger partial charge on any atom is 0.299 e. The van der Waals surface area contributed by atoms with Crippen LogP contribution in [-0.4, -0.2) is 37.2 Å². The lowest BCUT2D eigenvalue weighted by atomic mass is 10.1. The van der Waals surface area contributed by atoms with Gasteiger partial charge >= 0.3 is 0 Å². The number of halogens is 1. The summed E-state index contributed by atoms with van der Waals surface area (Å²) < 4.78 is 24.1. The smallest absolute Gasteiger partial charge is 0.299 e. The molecule has 2 rings (SSSR count). The number of hydrogen-bond acceptors (Lipinski definition) is 4. The Kier molecular flexibility index (Phi) is 4.01. The van der Waals surface area contributed by atoms with Gasteiger partial charge in [0.15, 0.2) is 9.84 Å². The zero-order valence-electron chi connectivity index (χ0n) is 12.0. The number of hydrogen-bond donors (Lipinski definition) is 0. The first kappa shape index (κ1) is 16.2. The Hall–Kier alpha value is -1.21. The summed E-state index contributed by atoms with van der Waals surface area (Å²) in [6.45, 7) is 4.82. The van der Waals surface area contributed by atoms with E-state index in [4.69, 9.17) is 0 Å². The molecule has 0 unspecified atom stereocenters. The van der Waals surface area contributed by atoms with Crippen LogP contribution >= 0.6 is 15.9 Å². The molecule has 7 heteroatoms. The minimum absolute atomic E-state index is 0.0202. The Morgan fingerprint density at radius 1 is 1.19 bits per heavy atom. The van der Waals surface area contributed by atoms with Gasteiger partial charge in [-0.05, 0) is 39.0 Å². The Morgan fingerprint density at radius 2 is 1.81 bits per heavy atom. The molecule has 0 N–H and O–H groups in total. The molecule has 0 aromatic heterocycles. The summed E-state index contributed by atoms with van der Waals surface area (Å²) in [7, 11) is -3.36. The van der Waals surface area contributed by atoms with Crippen LogP contribution in [0, 0.1) is 0 Å². The van der Waals surface area contributed by atoms with Gasteiger partial charge in [0.25, 0.3) is 11.7 Å². The Labute approximate surface area is 132 Å². The number of carbonyl (C=O) groups excluding carboxylic acids is 2. The first-order valence-electron chi connectivity index (χ1n) is 6.42. The van der Waals surface area contributed by atoms with Crippen LogP contribution in [0.1, 0.15) is 31.1 Å². The number of fused-ring (bicyclic) bond motifs is 1. The SMILES string of the molecule is CC(C)(C)S(=O)(=O)CCN1C(=O)C(=O)c2ccc(Br)cc21. The van der Waals surface area contributed by atoms with E-state index in [-0.39, 0.29) is 12.3 Å². The number of benzene rings is 1. The number of nitrogens with zero attached hydrogens (tertiary/aromatic N) is 1. The Bertz CT molecular complexity index is 719. The quantitative estimate of drug-likeness (QED) is 0.761. The molecular weight excluding hydrogens is 358 g/mol. The van der Waals surface area contributed by atoms with E-state index in [1.165, 1.54) is 4.90 Å². The van der Waals surface area contributed by atoms with Crippen LogP contribution < -0.4 is 4.90 Å². The van der Waals surface area contributed by atoms with Crippen LogP contribution in [0.25, 0.3) is 0 Å². The zero-order valence-corrected chi connectivity index (χ0v) is 14.4. The van der Waals surface area contributed by atoms with Crippen LogP contribution in [0.5, 0.6) is 0 Å². The molecule has 0 atom stereocenters. The predicted octanol–water partition coefficient (Wildman–Crippen LogP) is 2.19. The van der Waals surface area contributed by atoms with Gasteiger partial charge in [-0.3, -0.25) is 9.59 Å². The van der Waals surface area contributed by atoms with E-state index in [9.17, 15) is 18.0 Å². The number of Topliss-reactive ketones (excluding diaryl/α,β-unsaturated/α-hetero) is 1. The van der Waals surface area contributed by atoms with Gasteiger partial charge in [0, 0.05) is 11.0 Å². The van der Waals surface area contributed by atoms with Gasteiger partial charge in [-0.15, -0.1) is 0 Å². The maximum atomic E-state index is 12.1. The average molecular weight is 374 g/mol. The zero-order chi connectivity index (χ0) is 16.0. The fraction of sp³-hybridized carbons (Fsp3) is 0.429. The molecule has 0 saturated carbocycles. The van der Waals surface area contributed by atoms with Crippen molar-refractivity contribution in [2.75, 3.05) is 17.2 Å². The molecule has 1 aromatic carbocycles. The summed E-state index contributed by atoms with van der Waals surface area (Å²) in [5.41, 5.74) is 0.778. The summed E-state index contributed by atoms with van der Waals surface area (Å²) in [6, 6.07) is 4.90. The number of anilines is 1. The minimum Gasteiger partial charge on any atom is -0.304 e. The first-order valence-corrected chi connectivity index (χ1v) is 8.87. The van der Waals surface area contributed by atoms with Crippen molar-refractivity contribution in [1.82, 2.24) is 0 Å². The molecule has 1 amide bonds. The fourth-order valence-corrected chi connectivity index (χ4v) is 3.39. The van der Waals surface area contributed by atoms with Crippen LogP contribution in [0.4, 0.5) is 5.69 Å². The molecule has 1 aliphatic rings. The molecule has 114 valence electrons. The van der Waals surface area contributed by atoms with E-state index in [2.05, 4.69) is 15.9 Å².